The highest BCUT2D eigenvalue weighted by Crippen LogP contribution is 2.26. The number of carboxylic acids is 2. The average molecular weight is 450 g/mol. The summed E-state index contributed by atoms with van der Waals surface area (Å²) in [5.74, 6) is -3.74. The number of carbonyl (C=O) groups excluding carboxylic acids is 2. The number of amides is 2. The summed E-state index contributed by atoms with van der Waals surface area (Å²) in [5, 5.41) is 34.9. The third-order valence-corrected chi connectivity index (χ3v) is 5.41. The van der Waals surface area contributed by atoms with Crippen molar-refractivity contribution in [2.75, 3.05) is 12.3 Å². The second kappa shape index (κ2) is 11.1. The number of benzene rings is 1. The summed E-state index contributed by atoms with van der Waals surface area (Å²) in [6.07, 6.45) is 0.992. The Hall–Kier alpha value is -3.38. The van der Waals surface area contributed by atoms with Crippen LogP contribution >= 0.6 is 11.8 Å². The van der Waals surface area contributed by atoms with Crippen molar-refractivity contribution in [3.8, 4) is 0 Å². The van der Waals surface area contributed by atoms with Gasteiger partial charge in [-0.3, -0.25) is 19.2 Å². The lowest BCUT2D eigenvalue weighted by atomic mass is 10.1. The maximum Gasteiger partial charge on any atom is 0.322 e. The van der Waals surface area contributed by atoms with Crippen molar-refractivity contribution in [1.82, 2.24) is 10.6 Å². The largest absolute Gasteiger partial charge is 0.618 e. The lowest BCUT2D eigenvalue weighted by Gasteiger charge is -2.18. The molecule has 31 heavy (non-hydrogen) atoms. The fourth-order valence-corrected chi connectivity index (χ4v) is 3.69. The fraction of sp³-hybridized carbons (Fsp3) is 0.316. The number of fused-ring (bicyclic) bond motifs is 1. The SMILES string of the molecule is N[C@@H](CCC(=O)N[C@@H](CSc1cc[n+]([O-])c2ccccc12)C(=O)NCC(=O)O)C(=O)O. The molecule has 0 fully saturated rings. The number of hydrogen-bond acceptors (Lipinski definition) is 7. The quantitative estimate of drug-likeness (QED) is 0.170. The highest BCUT2D eigenvalue weighted by atomic mass is 32.2. The number of rotatable bonds is 11. The molecule has 1 heterocycles. The predicted molar refractivity (Wildman–Crippen MR) is 111 cm³/mol. The van der Waals surface area contributed by atoms with Crippen molar-refractivity contribution < 1.29 is 34.1 Å². The number of carbonyl (C=O) groups is 4. The molecule has 12 heteroatoms. The van der Waals surface area contributed by atoms with Gasteiger partial charge in [-0.15, -0.1) is 11.8 Å². The highest BCUT2D eigenvalue weighted by Gasteiger charge is 2.23. The van der Waals surface area contributed by atoms with Crippen LogP contribution in [0.2, 0.25) is 0 Å². The zero-order chi connectivity index (χ0) is 23.0. The van der Waals surface area contributed by atoms with Crippen LogP contribution in [0.4, 0.5) is 0 Å². The molecule has 2 atom stereocenters. The Morgan fingerprint density at radius 2 is 1.87 bits per heavy atom. The van der Waals surface area contributed by atoms with Crippen molar-refractivity contribution >= 4 is 46.4 Å². The molecule has 6 N–H and O–H groups in total. The van der Waals surface area contributed by atoms with Gasteiger partial charge in [0.05, 0.1) is 5.39 Å². The van der Waals surface area contributed by atoms with Crippen LogP contribution in [0.25, 0.3) is 10.9 Å². The Kier molecular flexibility index (Phi) is 8.58. The number of aliphatic carboxylic acids is 2. The van der Waals surface area contributed by atoms with E-state index < -0.39 is 42.4 Å². The minimum absolute atomic E-state index is 0.0506. The highest BCUT2D eigenvalue weighted by molar-refractivity contribution is 7.99. The van der Waals surface area contributed by atoms with Gasteiger partial charge in [0.25, 0.3) is 0 Å². The minimum atomic E-state index is -1.24. The third-order valence-electron chi connectivity index (χ3n) is 4.24. The molecule has 0 bridgehead atoms. The van der Waals surface area contributed by atoms with Crippen molar-refractivity contribution in [2.45, 2.75) is 29.8 Å². The van der Waals surface area contributed by atoms with Gasteiger partial charge in [0.15, 0.2) is 6.20 Å². The molecule has 2 aromatic rings. The molecule has 0 saturated heterocycles. The van der Waals surface area contributed by atoms with Crippen molar-refractivity contribution in [2.24, 2.45) is 5.73 Å². The molecule has 2 amide bonds. The van der Waals surface area contributed by atoms with E-state index in [0.717, 1.165) is 0 Å². The van der Waals surface area contributed by atoms with E-state index in [0.29, 0.717) is 20.5 Å². The molecule has 0 aliphatic heterocycles. The Bertz CT molecular complexity index is 985. The Morgan fingerprint density at radius 1 is 1.16 bits per heavy atom. The number of nitrogens with one attached hydrogen (secondary N) is 2. The first-order chi connectivity index (χ1) is 14.7. The second-order valence-electron chi connectivity index (χ2n) is 6.55. The number of hydrogen-bond donors (Lipinski definition) is 5. The normalized spacial score (nSPS) is 12.7. The lowest BCUT2D eigenvalue weighted by Crippen LogP contribution is -2.49. The van der Waals surface area contributed by atoms with Gasteiger partial charge in [0, 0.05) is 29.2 Å². The third kappa shape index (κ3) is 7.12. The van der Waals surface area contributed by atoms with Crippen molar-refractivity contribution in [1.29, 1.82) is 0 Å². The zero-order valence-electron chi connectivity index (χ0n) is 16.3. The molecular weight excluding hydrogens is 428 g/mol. The van der Waals surface area contributed by atoms with E-state index in [1.807, 2.05) is 0 Å². The topological polar surface area (TPSA) is 186 Å². The number of carboxylic acid groups (broad SMARTS) is 2. The van der Waals surface area contributed by atoms with Crippen LogP contribution in [0.5, 0.6) is 0 Å². The van der Waals surface area contributed by atoms with Gasteiger partial charge < -0.3 is 31.8 Å². The number of para-hydroxylation sites is 1. The number of thioether (sulfide) groups is 1. The molecule has 0 saturated carbocycles. The van der Waals surface area contributed by atoms with Crippen LogP contribution in [0.1, 0.15) is 12.8 Å². The molecule has 1 aromatic heterocycles. The molecule has 0 aliphatic carbocycles. The van der Waals surface area contributed by atoms with E-state index in [1.165, 1.54) is 18.0 Å². The molecule has 2 rings (SSSR count). The molecule has 0 spiro atoms. The summed E-state index contributed by atoms with van der Waals surface area (Å²) in [4.78, 5) is 46.8. The van der Waals surface area contributed by atoms with E-state index in [9.17, 15) is 24.4 Å². The Labute approximate surface area is 181 Å². The number of nitrogens with zero attached hydrogens (tertiary/aromatic N) is 1. The molecule has 1 aromatic carbocycles. The van der Waals surface area contributed by atoms with E-state index in [2.05, 4.69) is 10.6 Å². The van der Waals surface area contributed by atoms with E-state index >= 15 is 0 Å². The van der Waals surface area contributed by atoms with Gasteiger partial charge in [-0.05, 0) is 12.5 Å². The second-order valence-corrected chi connectivity index (χ2v) is 7.61. The van der Waals surface area contributed by atoms with Gasteiger partial charge in [-0.2, -0.15) is 4.73 Å². The van der Waals surface area contributed by atoms with Gasteiger partial charge in [0.1, 0.15) is 18.6 Å². The Morgan fingerprint density at radius 3 is 2.55 bits per heavy atom. The average Bonchev–Trinajstić information content (AvgIpc) is 2.74. The summed E-state index contributed by atoms with van der Waals surface area (Å²) in [6.45, 7) is -0.621. The van der Waals surface area contributed by atoms with Crippen molar-refractivity contribution in [3.05, 3.63) is 41.7 Å². The molecule has 0 radical (unpaired) electrons. The summed E-state index contributed by atoms with van der Waals surface area (Å²) >= 11 is 1.21. The van der Waals surface area contributed by atoms with Crippen LogP contribution in [0, 0.1) is 5.21 Å². The first-order valence-electron chi connectivity index (χ1n) is 9.20. The summed E-state index contributed by atoms with van der Waals surface area (Å²) in [5.41, 5.74) is 5.82. The number of pyridine rings is 1. The standard InChI is InChI=1S/C19H22N4O7S/c20-12(19(28)29)5-6-16(24)22-13(18(27)21-9-17(25)26)10-31-15-7-8-23(30)14-4-2-1-3-11(14)15/h1-4,7-8,12-13H,5-6,9-10,20H2,(H,21,27)(H,22,24)(H,25,26)(H,28,29)/t12-,13-/m0/s1. The summed E-state index contributed by atoms with van der Waals surface area (Å²) in [6, 6.07) is 6.16. The van der Waals surface area contributed by atoms with Crippen LogP contribution in [-0.2, 0) is 19.2 Å². The fourth-order valence-electron chi connectivity index (χ4n) is 2.62. The first-order valence-corrected chi connectivity index (χ1v) is 10.2. The maximum atomic E-state index is 12.4. The van der Waals surface area contributed by atoms with E-state index in [-0.39, 0.29) is 18.6 Å². The molecule has 0 aliphatic rings. The predicted octanol–water partition coefficient (Wildman–Crippen LogP) is -0.557. The summed E-state index contributed by atoms with van der Waals surface area (Å²) < 4.78 is 0.712. The first kappa shape index (κ1) is 23.9. The summed E-state index contributed by atoms with van der Waals surface area (Å²) in [7, 11) is 0. The van der Waals surface area contributed by atoms with Gasteiger partial charge in [0.2, 0.25) is 17.3 Å². The molecule has 11 nitrogen and oxygen atoms in total. The smallest absolute Gasteiger partial charge is 0.322 e. The maximum absolute atomic E-state index is 12.4. The van der Waals surface area contributed by atoms with Gasteiger partial charge in [-0.1, -0.05) is 12.1 Å². The minimum Gasteiger partial charge on any atom is -0.618 e. The van der Waals surface area contributed by atoms with E-state index in [1.54, 1.807) is 30.3 Å². The van der Waals surface area contributed by atoms with Crippen LogP contribution in [-0.4, -0.2) is 58.3 Å². The lowest BCUT2D eigenvalue weighted by molar-refractivity contribution is -0.577. The van der Waals surface area contributed by atoms with E-state index in [4.69, 9.17) is 15.9 Å². The van der Waals surface area contributed by atoms with Crippen LogP contribution < -0.4 is 21.1 Å². The number of nitrogens with two attached hydrogens (primary N) is 1. The monoisotopic (exact) mass is 450 g/mol. The zero-order valence-corrected chi connectivity index (χ0v) is 17.1. The van der Waals surface area contributed by atoms with Crippen molar-refractivity contribution in [3.63, 3.8) is 0 Å². The van der Waals surface area contributed by atoms with Crippen LogP contribution in [0.3, 0.4) is 0 Å². The molecule has 0 unspecified atom stereocenters. The van der Waals surface area contributed by atoms with Gasteiger partial charge >= 0.3 is 11.9 Å². The molecular formula is C19H22N4O7S. The Balaban J connectivity index is 2.11. The molecule has 166 valence electrons. The van der Waals surface area contributed by atoms with Crippen LogP contribution in [0.15, 0.2) is 41.4 Å². The van der Waals surface area contributed by atoms with Gasteiger partial charge in [-0.25, -0.2) is 0 Å². The number of aromatic nitrogens is 1.